The molecule has 0 saturated carbocycles. The number of benzene rings is 1. The van der Waals surface area contributed by atoms with Crippen molar-refractivity contribution in [1.29, 1.82) is 0 Å². The Morgan fingerprint density at radius 3 is 3.19 bits per heavy atom. The van der Waals surface area contributed by atoms with Crippen molar-refractivity contribution in [3.8, 4) is 0 Å². The van der Waals surface area contributed by atoms with Gasteiger partial charge in [0.15, 0.2) is 0 Å². The maximum Gasteiger partial charge on any atom is 0.0359 e. The summed E-state index contributed by atoms with van der Waals surface area (Å²) in [4.78, 5) is 5.59. The van der Waals surface area contributed by atoms with Crippen LogP contribution in [0.25, 0.3) is 10.8 Å². The van der Waals surface area contributed by atoms with E-state index in [2.05, 4.69) is 38.9 Å². The molecule has 0 aliphatic carbocycles. The topological polar surface area (TPSA) is 28.2 Å². The fraction of sp³-hybridized carbons (Fsp3) is 0.471. The zero-order chi connectivity index (χ0) is 14.1. The molecule has 2 fully saturated rings. The molecule has 2 unspecified atom stereocenters. The lowest BCUT2D eigenvalue weighted by molar-refractivity contribution is 0.374. The molecule has 2 atom stereocenters. The first-order chi connectivity index (χ1) is 10.4. The third-order valence-corrected chi connectivity index (χ3v) is 5.92. The maximum absolute atomic E-state index is 4.23. The van der Waals surface area contributed by atoms with Gasteiger partial charge in [-0.2, -0.15) is 0 Å². The maximum atomic E-state index is 4.23. The highest BCUT2D eigenvalue weighted by atomic mass is 32.2. The first-order valence-corrected chi connectivity index (χ1v) is 8.70. The Morgan fingerprint density at radius 1 is 1.19 bits per heavy atom. The lowest BCUT2D eigenvalue weighted by atomic mass is 10.1. The largest absolute Gasteiger partial charge is 0.312 e. The highest BCUT2D eigenvalue weighted by Gasteiger charge is 2.35. The average molecular weight is 299 g/mol. The van der Waals surface area contributed by atoms with Gasteiger partial charge in [-0.05, 0) is 55.3 Å². The van der Waals surface area contributed by atoms with Crippen LogP contribution in [0.5, 0.6) is 0 Å². The molecule has 3 nitrogen and oxygen atoms in total. The summed E-state index contributed by atoms with van der Waals surface area (Å²) in [7, 11) is 0. The number of nitrogens with one attached hydrogen (secondary N) is 1. The second-order valence-corrected chi connectivity index (χ2v) is 7.09. The van der Waals surface area contributed by atoms with E-state index in [1.54, 1.807) is 0 Å². The minimum atomic E-state index is 0.689. The van der Waals surface area contributed by atoms with Gasteiger partial charge in [-0.1, -0.05) is 18.6 Å². The van der Waals surface area contributed by atoms with Crippen molar-refractivity contribution in [2.24, 2.45) is 0 Å². The summed E-state index contributed by atoms with van der Waals surface area (Å²) in [5.74, 6) is 0. The zero-order valence-corrected chi connectivity index (χ0v) is 13.0. The molecule has 110 valence electrons. The Bertz CT molecular complexity index is 625. The molecule has 1 N–H and O–H groups in total. The van der Waals surface area contributed by atoms with Gasteiger partial charge in [0.2, 0.25) is 0 Å². The van der Waals surface area contributed by atoms with Gasteiger partial charge in [0.25, 0.3) is 0 Å². The lowest BCUT2D eigenvalue weighted by Crippen LogP contribution is -2.38. The molecule has 4 rings (SSSR count). The minimum absolute atomic E-state index is 0.689. The number of hydrogen-bond acceptors (Lipinski definition) is 4. The molecule has 2 aliphatic rings. The van der Waals surface area contributed by atoms with Gasteiger partial charge >= 0.3 is 0 Å². The number of aromatic nitrogens is 1. The monoisotopic (exact) mass is 299 g/mol. The van der Waals surface area contributed by atoms with Crippen molar-refractivity contribution in [2.45, 2.75) is 42.7 Å². The summed E-state index contributed by atoms with van der Waals surface area (Å²) >= 11 is 1.94. The van der Waals surface area contributed by atoms with Gasteiger partial charge in [-0.25, -0.2) is 4.31 Å². The number of nitrogens with zero attached hydrogens (tertiary/aromatic N) is 2. The molecule has 0 spiro atoms. The Labute approximate surface area is 130 Å². The van der Waals surface area contributed by atoms with Crippen LogP contribution in [-0.4, -0.2) is 34.5 Å². The molecular formula is C17H21N3S. The fourth-order valence-corrected chi connectivity index (χ4v) is 4.85. The number of hydrogen-bond donors (Lipinski definition) is 1. The van der Waals surface area contributed by atoms with Crippen LogP contribution in [0.3, 0.4) is 0 Å². The highest BCUT2D eigenvalue weighted by Crippen LogP contribution is 2.37. The molecule has 1 aromatic carbocycles. The van der Waals surface area contributed by atoms with Crippen LogP contribution in [0.2, 0.25) is 0 Å². The molecule has 2 aromatic rings. The van der Waals surface area contributed by atoms with E-state index >= 15 is 0 Å². The standard InChI is InChI=1S/C17H21N3S/c1-2-9-19-15-8-11-20(16(15)5-1)21-17-6-3-4-13-12-18-10-7-14(13)17/h3-4,6-7,10,12,15-16,19H,1-2,5,8-9,11H2. The smallest absolute Gasteiger partial charge is 0.0359 e. The van der Waals surface area contributed by atoms with Crippen LogP contribution in [-0.2, 0) is 0 Å². The van der Waals surface area contributed by atoms with Crippen molar-refractivity contribution in [1.82, 2.24) is 14.6 Å². The second kappa shape index (κ2) is 5.95. The number of fused-ring (bicyclic) bond motifs is 2. The van der Waals surface area contributed by atoms with Crippen LogP contribution < -0.4 is 5.32 Å². The Morgan fingerprint density at radius 2 is 2.19 bits per heavy atom. The second-order valence-electron chi connectivity index (χ2n) is 6.00. The van der Waals surface area contributed by atoms with E-state index in [4.69, 9.17) is 0 Å². The average Bonchev–Trinajstić information content (AvgIpc) is 2.75. The van der Waals surface area contributed by atoms with Crippen LogP contribution in [0, 0.1) is 0 Å². The highest BCUT2D eigenvalue weighted by molar-refractivity contribution is 7.97. The summed E-state index contributed by atoms with van der Waals surface area (Å²) < 4.78 is 2.61. The lowest BCUT2D eigenvalue weighted by Gasteiger charge is -2.26. The van der Waals surface area contributed by atoms with E-state index in [1.165, 1.54) is 54.4 Å². The van der Waals surface area contributed by atoms with Crippen molar-refractivity contribution < 1.29 is 0 Å². The van der Waals surface area contributed by atoms with Crippen molar-refractivity contribution in [2.75, 3.05) is 13.1 Å². The predicted molar refractivity (Wildman–Crippen MR) is 88.4 cm³/mol. The van der Waals surface area contributed by atoms with Gasteiger partial charge in [0, 0.05) is 41.3 Å². The first kappa shape index (κ1) is 13.6. The van der Waals surface area contributed by atoms with Crippen LogP contribution in [0.15, 0.2) is 41.6 Å². The van der Waals surface area contributed by atoms with Gasteiger partial charge < -0.3 is 5.32 Å². The van der Waals surface area contributed by atoms with Gasteiger partial charge in [-0.3, -0.25) is 4.98 Å². The summed E-state index contributed by atoms with van der Waals surface area (Å²) in [5.41, 5.74) is 0. The van der Waals surface area contributed by atoms with Crippen molar-refractivity contribution in [3.05, 3.63) is 36.7 Å². The molecular weight excluding hydrogens is 278 g/mol. The van der Waals surface area contributed by atoms with Gasteiger partial charge in [0.1, 0.15) is 0 Å². The SMILES string of the molecule is c1cc(SN2CCC3NCCCCC32)c2ccncc2c1. The summed E-state index contributed by atoms with van der Waals surface area (Å²) in [6.07, 6.45) is 9.14. The number of rotatable bonds is 2. The fourth-order valence-electron chi connectivity index (χ4n) is 3.59. The summed E-state index contributed by atoms with van der Waals surface area (Å²) in [6.45, 7) is 2.38. The normalized spacial score (nSPS) is 26.7. The van der Waals surface area contributed by atoms with E-state index in [-0.39, 0.29) is 0 Å². The van der Waals surface area contributed by atoms with Crippen LogP contribution in [0.4, 0.5) is 0 Å². The molecule has 0 radical (unpaired) electrons. The zero-order valence-electron chi connectivity index (χ0n) is 12.2. The molecule has 0 bridgehead atoms. The number of pyridine rings is 1. The molecule has 4 heteroatoms. The van der Waals surface area contributed by atoms with E-state index in [0.717, 1.165) is 0 Å². The molecule has 2 aliphatic heterocycles. The van der Waals surface area contributed by atoms with Gasteiger partial charge in [0.05, 0.1) is 0 Å². The molecule has 1 aromatic heterocycles. The molecule has 3 heterocycles. The van der Waals surface area contributed by atoms with E-state index in [1.807, 2.05) is 24.3 Å². The summed E-state index contributed by atoms with van der Waals surface area (Å²) in [6, 6.07) is 10.0. The van der Waals surface area contributed by atoms with Crippen molar-refractivity contribution in [3.63, 3.8) is 0 Å². The van der Waals surface area contributed by atoms with E-state index < -0.39 is 0 Å². The van der Waals surface area contributed by atoms with Gasteiger partial charge in [-0.15, -0.1) is 0 Å². The quantitative estimate of drug-likeness (QED) is 0.860. The molecule has 21 heavy (non-hydrogen) atoms. The third-order valence-electron chi connectivity index (χ3n) is 4.68. The summed E-state index contributed by atoms with van der Waals surface area (Å²) in [5, 5.41) is 6.29. The third kappa shape index (κ3) is 2.68. The first-order valence-electron chi connectivity index (χ1n) is 7.92. The van der Waals surface area contributed by atoms with E-state index in [9.17, 15) is 0 Å². The molecule has 2 saturated heterocycles. The van der Waals surface area contributed by atoms with Crippen LogP contribution in [0.1, 0.15) is 25.7 Å². The molecule has 0 amide bonds. The Hall–Kier alpha value is -1.10. The van der Waals surface area contributed by atoms with Crippen molar-refractivity contribution >= 4 is 22.7 Å². The predicted octanol–water partition coefficient (Wildman–Crippen LogP) is 3.46. The van der Waals surface area contributed by atoms with Crippen LogP contribution >= 0.6 is 11.9 Å². The minimum Gasteiger partial charge on any atom is -0.312 e. The Balaban J connectivity index is 1.60. The Kier molecular flexibility index (Phi) is 3.84. The van der Waals surface area contributed by atoms with E-state index in [0.29, 0.717) is 12.1 Å².